The van der Waals surface area contributed by atoms with Crippen molar-refractivity contribution in [3.05, 3.63) is 12.2 Å². The topological polar surface area (TPSA) is 86.6 Å². The van der Waals surface area contributed by atoms with E-state index in [9.17, 15) is 9.59 Å². The van der Waals surface area contributed by atoms with E-state index in [1.54, 1.807) is 0 Å². The lowest BCUT2D eigenvalue weighted by atomic mass is 10.2. The van der Waals surface area contributed by atoms with Gasteiger partial charge in [-0.2, -0.15) is 0 Å². The summed E-state index contributed by atoms with van der Waals surface area (Å²) in [5, 5.41) is 16.1. The Morgan fingerprint density at radius 3 is 2.30 bits per heavy atom. The standard InChI is InChI=1S/C5H7NO4/c1-3(5(8)9)2-4(7)6-10/h10H,1-2H2,(H,6,7)(H,8,9). The number of aliphatic carboxylic acids is 1. The third kappa shape index (κ3) is 2.83. The molecule has 56 valence electrons. The molecule has 10 heavy (non-hydrogen) atoms. The number of hydrogen-bond donors (Lipinski definition) is 3. The number of nitrogens with one attached hydrogen (secondary N) is 1. The zero-order chi connectivity index (χ0) is 8.15. The first-order valence-electron chi connectivity index (χ1n) is 2.42. The molecule has 0 aliphatic heterocycles. The van der Waals surface area contributed by atoms with Gasteiger partial charge in [-0.3, -0.25) is 10.0 Å². The minimum absolute atomic E-state index is 0.258. The second-order valence-corrected chi connectivity index (χ2v) is 1.62. The number of hydrogen-bond acceptors (Lipinski definition) is 3. The van der Waals surface area contributed by atoms with Gasteiger partial charge in [-0.1, -0.05) is 6.58 Å². The van der Waals surface area contributed by atoms with Crippen LogP contribution in [0.15, 0.2) is 12.2 Å². The molecule has 0 atom stereocenters. The summed E-state index contributed by atoms with van der Waals surface area (Å²) in [7, 11) is 0. The van der Waals surface area contributed by atoms with Crippen LogP contribution < -0.4 is 5.48 Å². The predicted octanol–water partition coefficient (Wildman–Crippen LogP) is -0.477. The smallest absolute Gasteiger partial charge is 0.331 e. The van der Waals surface area contributed by atoms with Crippen molar-refractivity contribution in [1.29, 1.82) is 0 Å². The molecule has 0 fully saturated rings. The molecule has 0 heterocycles. The highest BCUT2D eigenvalue weighted by Gasteiger charge is 2.08. The van der Waals surface area contributed by atoms with E-state index in [4.69, 9.17) is 10.3 Å². The zero-order valence-electron chi connectivity index (χ0n) is 5.13. The largest absolute Gasteiger partial charge is 0.478 e. The van der Waals surface area contributed by atoms with Gasteiger partial charge in [0.05, 0.1) is 6.42 Å². The molecule has 0 bridgehead atoms. The summed E-state index contributed by atoms with van der Waals surface area (Å²) < 4.78 is 0. The Kier molecular flexibility index (Phi) is 3.13. The molecule has 0 radical (unpaired) electrons. The van der Waals surface area contributed by atoms with E-state index < -0.39 is 18.3 Å². The van der Waals surface area contributed by atoms with Crippen molar-refractivity contribution >= 4 is 11.9 Å². The first-order valence-corrected chi connectivity index (χ1v) is 2.42. The van der Waals surface area contributed by atoms with Gasteiger partial charge in [-0.25, -0.2) is 10.3 Å². The number of carboxylic acid groups (broad SMARTS) is 1. The van der Waals surface area contributed by atoms with Gasteiger partial charge in [0.25, 0.3) is 0 Å². The Bertz CT molecular complexity index is 174. The Morgan fingerprint density at radius 1 is 1.50 bits per heavy atom. The van der Waals surface area contributed by atoms with Crippen molar-refractivity contribution in [2.75, 3.05) is 0 Å². The van der Waals surface area contributed by atoms with Crippen LogP contribution in [0.1, 0.15) is 6.42 Å². The number of carbonyl (C=O) groups excluding carboxylic acids is 1. The van der Waals surface area contributed by atoms with E-state index in [2.05, 4.69) is 6.58 Å². The molecule has 0 saturated heterocycles. The molecule has 5 nitrogen and oxygen atoms in total. The Balaban J connectivity index is 3.80. The van der Waals surface area contributed by atoms with E-state index in [0.717, 1.165) is 0 Å². The Morgan fingerprint density at radius 2 is 2.00 bits per heavy atom. The van der Waals surface area contributed by atoms with Crippen LogP contribution >= 0.6 is 0 Å². The zero-order valence-corrected chi connectivity index (χ0v) is 5.13. The lowest BCUT2D eigenvalue weighted by Gasteiger charge is -1.96. The van der Waals surface area contributed by atoms with E-state index in [0.29, 0.717) is 0 Å². The molecule has 0 rings (SSSR count). The fraction of sp³-hybridized carbons (Fsp3) is 0.200. The van der Waals surface area contributed by atoms with Gasteiger partial charge in [0.2, 0.25) is 5.91 Å². The van der Waals surface area contributed by atoms with Gasteiger partial charge in [0.1, 0.15) is 0 Å². The van der Waals surface area contributed by atoms with Gasteiger partial charge in [0.15, 0.2) is 0 Å². The van der Waals surface area contributed by atoms with Crippen molar-refractivity contribution in [3.63, 3.8) is 0 Å². The average molecular weight is 145 g/mol. The van der Waals surface area contributed by atoms with Crippen LogP contribution in [-0.4, -0.2) is 22.2 Å². The Hall–Kier alpha value is -1.36. The molecule has 0 unspecified atom stereocenters. The second kappa shape index (κ2) is 3.62. The van der Waals surface area contributed by atoms with E-state index >= 15 is 0 Å². The van der Waals surface area contributed by atoms with Gasteiger partial charge < -0.3 is 5.11 Å². The SMILES string of the molecule is C=C(CC(=O)NO)C(=O)O. The molecular formula is C5H7NO4. The van der Waals surface area contributed by atoms with Crippen molar-refractivity contribution in [1.82, 2.24) is 5.48 Å². The van der Waals surface area contributed by atoms with Gasteiger partial charge >= 0.3 is 5.97 Å². The first-order chi connectivity index (χ1) is 4.57. The predicted molar refractivity (Wildman–Crippen MR) is 31.3 cm³/mol. The molecule has 1 amide bonds. The lowest BCUT2D eigenvalue weighted by molar-refractivity contribution is -0.135. The van der Waals surface area contributed by atoms with E-state index in [1.165, 1.54) is 5.48 Å². The van der Waals surface area contributed by atoms with Crippen molar-refractivity contribution < 1.29 is 19.9 Å². The number of carboxylic acids is 1. The molecule has 0 aromatic carbocycles. The van der Waals surface area contributed by atoms with Crippen LogP contribution in [0.3, 0.4) is 0 Å². The molecule has 0 aromatic heterocycles. The fourth-order valence-corrected chi connectivity index (χ4v) is 0.309. The first kappa shape index (κ1) is 8.64. The van der Waals surface area contributed by atoms with Crippen molar-refractivity contribution in [3.8, 4) is 0 Å². The van der Waals surface area contributed by atoms with Crippen molar-refractivity contribution in [2.45, 2.75) is 6.42 Å². The highest BCUT2D eigenvalue weighted by molar-refractivity contribution is 5.93. The molecule has 5 heteroatoms. The van der Waals surface area contributed by atoms with Crippen LogP contribution in [0.4, 0.5) is 0 Å². The summed E-state index contributed by atoms with van der Waals surface area (Å²) >= 11 is 0. The maximum Gasteiger partial charge on any atom is 0.331 e. The maximum atomic E-state index is 10.2. The number of rotatable bonds is 3. The van der Waals surface area contributed by atoms with Crippen molar-refractivity contribution in [2.24, 2.45) is 0 Å². The van der Waals surface area contributed by atoms with Gasteiger partial charge in [0, 0.05) is 5.57 Å². The molecule has 0 spiro atoms. The lowest BCUT2D eigenvalue weighted by Crippen LogP contribution is -2.20. The molecular weight excluding hydrogens is 138 g/mol. The summed E-state index contributed by atoms with van der Waals surface area (Å²) in [5.74, 6) is -2.03. The number of carbonyl (C=O) groups is 2. The monoisotopic (exact) mass is 145 g/mol. The Labute approximate surface area is 56.9 Å². The second-order valence-electron chi connectivity index (χ2n) is 1.62. The van der Waals surface area contributed by atoms with Crippen LogP contribution in [-0.2, 0) is 9.59 Å². The summed E-state index contributed by atoms with van der Waals surface area (Å²) in [6.45, 7) is 3.07. The third-order valence-corrected chi connectivity index (χ3v) is 0.801. The van der Waals surface area contributed by atoms with Crippen LogP contribution in [0, 0.1) is 0 Å². The summed E-state index contributed by atoms with van der Waals surface area (Å²) in [6.07, 6.45) is -0.397. The fourth-order valence-electron chi connectivity index (χ4n) is 0.309. The molecule has 0 aliphatic rings. The quantitative estimate of drug-likeness (QED) is 0.284. The van der Waals surface area contributed by atoms with Crippen LogP contribution in [0.25, 0.3) is 0 Å². The maximum absolute atomic E-state index is 10.2. The molecule has 0 saturated carbocycles. The molecule has 0 aromatic rings. The highest BCUT2D eigenvalue weighted by Crippen LogP contribution is 1.95. The van der Waals surface area contributed by atoms with Gasteiger partial charge in [-0.15, -0.1) is 0 Å². The normalized spacial score (nSPS) is 8.50. The van der Waals surface area contributed by atoms with E-state index in [1.807, 2.05) is 0 Å². The number of hydroxylamine groups is 1. The average Bonchev–Trinajstić information content (AvgIpc) is 1.87. The van der Waals surface area contributed by atoms with Gasteiger partial charge in [-0.05, 0) is 0 Å². The van der Waals surface area contributed by atoms with Crippen LogP contribution in [0.5, 0.6) is 0 Å². The summed E-state index contributed by atoms with van der Waals surface area (Å²) in [6, 6.07) is 0. The third-order valence-electron chi connectivity index (χ3n) is 0.801. The minimum atomic E-state index is -1.25. The summed E-state index contributed by atoms with van der Waals surface area (Å²) in [4.78, 5) is 20.2. The van der Waals surface area contributed by atoms with E-state index in [-0.39, 0.29) is 5.57 Å². The minimum Gasteiger partial charge on any atom is -0.478 e. The molecule has 3 N–H and O–H groups in total. The highest BCUT2D eigenvalue weighted by atomic mass is 16.5. The molecule has 0 aliphatic carbocycles. The number of amides is 1. The van der Waals surface area contributed by atoms with Crippen LogP contribution in [0.2, 0.25) is 0 Å². The summed E-state index contributed by atoms with van der Waals surface area (Å²) in [5.41, 5.74) is 1.03.